The van der Waals surface area contributed by atoms with Gasteiger partial charge >= 0.3 is 0 Å². The largest absolute Gasteiger partial charge is 0.0856 e. The Morgan fingerprint density at radius 2 is 0.708 bits per heavy atom. The molecule has 0 radical (unpaired) electrons. The van der Waals surface area contributed by atoms with Crippen molar-refractivity contribution in [3.8, 4) is 0 Å². The second kappa shape index (κ2) is 22.5. The average molecular weight is 647 g/mol. The van der Waals surface area contributed by atoms with Crippen molar-refractivity contribution in [1.82, 2.24) is 0 Å². The molecule has 0 N–H and O–H groups in total. The van der Waals surface area contributed by atoms with E-state index < -0.39 is 0 Å². The molecule has 48 heavy (non-hydrogen) atoms. The Labute approximate surface area is 297 Å². The van der Waals surface area contributed by atoms with Crippen molar-refractivity contribution in [2.75, 3.05) is 0 Å². The number of aryl methyl sites for hydroxylation is 2. The molecule has 0 aromatic heterocycles. The van der Waals surface area contributed by atoms with E-state index in [2.05, 4.69) is 143 Å². The molecule has 0 saturated heterocycles. The molecule has 2 rings (SSSR count). The zero-order chi connectivity index (χ0) is 35.5. The summed E-state index contributed by atoms with van der Waals surface area (Å²) in [6, 6.07) is 8.86. The van der Waals surface area contributed by atoms with Gasteiger partial charge in [0.1, 0.15) is 0 Å². The number of hydrogen-bond acceptors (Lipinski definition) is 0. The van der Waals surface area contributed by atoms with Gasteiger partial charge in [0.2, 0.25) is 0 Å². The minimum Gasteiger partial charge on any atom is -0.0856 e. The molecule has 0 aliphatic carbocycles. The van der Waals surface area contributed by atoms with Crippen LogP contribution < -0.4 is 0 Å². The van der Waals surface area contributed by atoms with E-state index in [1.807, 2.05) is 0 Å². The summed E-state index contributed by atoms with van der Waals surface area (Å²) in [5, 5.41) is 2.80. The molecule has 0 atom stereocenters. The zero-order valence-corrected chi connectivity index (χ0v) is 33.0. The van der Waals surface area contributed by atoms with Gasteiger partial charge in [-0.2, -0.15) is 0 Å². The first-order valence-electron chi connectivity index (χ1n) is 18.9. The Hall–Kier alpha value is -3.12. The van der Waals surface area contributed by atoms with Crippen LogP contribution in [-0.2, 0) is 6.42 Å². The van der Waals surface area contributed by atoms with Crippen LogP contribution in [0.1, 0.15) is 155 Å². The minimum atomic E-state index is 1.03. The number of hydrogen-bond donors (Lipinski definition) is 0. The highest BCUT2D eigenvalue weighted by atomic mass is 14.2. The Morgan fingerprint density at radius 1 is 0.396 bits per heavy atom. The van der Waals surface area contributed by atoms with Gasteiger partial charge in [-0.3, -0.25) is 0 Å². The molecule has 0 aliphatic rings. The Morgan fingerprint density at radius 3 is 1.06 bits per heavy atom. The average Bonchev–Trinajstić information content (AvgIpc) is 3.03. The van der Waals surface area contributed by atoms with E-state index in [9.17, 15) is 0 Å². The third-order valence-electron chi connectivity index (χ3n) is 10.1. The second-order valence-corrected chi connectivity index (χ2v) is 14.9. The summed E-state index contributed by atoms with van der Waals surface area (Å²) in [4.78, 5) is 0. The standard InChI is InChI=1S/C48H70/c1-36(2)20-14-21-37(3)22-15-23-38(4)24-16-25-39(5)26-17-27-40(6)28-18-29-41(7)30-19-31-42(8)34-35-46-43(9)44(10)47-32-12-13-33-48(47)45(46)11/h12-13,20,22,24,26,28,30,32-34H,14-19,21,23,25,27,29,31,35H2,1-11H3. The van der Waals surface area contributed by atoms with Gasteiger partial charge in [-0.15, -0.1) is 0 Å². The van der Waals surface area contributed by atoms with Crippen molar-refractivity contribution in [2.24, 2.45) is 0 Å². The first-order chi connectivity index (χ1) is 22.9. The Kier molecular flexibility index (Phi) is 19.2. The van der Waals surface area contributed by atoms with E-state index >= 15 is 0 Å². The highest BCUT2D eigenvalue weighted by Crippen LogP contribution is 2.30. The lowest BCUT2D eigenvalue weighted by molar-refractivity contribution is 0.883. The predicted molar refractivity (Wildman–Crippen MR) is 219 cm³/mol. The van der Waals surface area contributed by atoms with Crippen LogP contribution in [0.25, 0.3) is 10.8 Å². The van der Waals surface area contributed by atoms with Crippen LogP contribution in [0.15, 0.2) is 106 Å². The van der Waals surface area contributed by atoms with Gasteiger partial charge in [0.15, 0.2) is 0 Å². The van der Waals surface area contributed by atoms with Gasteiger partial charge in [0.25, 0.3) is 0 Å². The van der Waals surface area contributed by atoms with Gasteiger partial charge in [-0.25, -0.2) is 0 Å². The van der Waals surface area contributed by atoms with Crippen LogP contribution in [0.2, 0.25) is 0 Å². The smallest absolute Gasteiger partial charge is 0.00893 e. The fourth-order valence-electron chi connectivity index (χ4n) is 6.52. The molecule has 2 aromatic carbocycles. The molecule has 0 spiro atoms. The molecule has 0 fully saturated rings. The highest BCUT2D eigenvalue weighted by molar-refractivity contribution is 5.90. The molecule has 0 bridgehead atoms. The van der Waals surface area contributed by atoms with Crippen molar-refractivity contribution in [3.63, 3.8) is 0 Å². The number of allylic oxidation sites excluding steroid dienone is 14. The van der Waals surface area contributed by atoms with Gasteiger partial charge in [-0.1, -0.05) is 106 Å². The number of fused-ring (bicyclic) bond motifs is 1. The molecule has 0 heteroatoms. The summed E-state index contributed by atoms with van der Waals surface area (Å²) in [5.74, 6) is 0. The van der Waals surface area contributed by atoms with Crippen molar-refractivity contribution < 1.29 is 0 Å². The van der Waals surface area contributed by atoms with Crippen molar-refractivity contribution in [3.05, 3.63) is 128 Å². The van der Waals surface area contributed by atoms with Crippen molar-refractivity contribution in [1.29, 1.82) is 0 Å². The number of benzene rings is 2. The maximum absolute atomic E-state index is 2.46. The number of rotatable bonds is 20. The van der Waals surface area contributed by atoms with E-state index in [-0.39, 0.29) is 0 Å². The van der Waals surface area contributed by atoms with Crippen LogP contribution in [0.4, 0.5) is 0 Å². The lowest BCUT2D eigenvalue weighted by atomic mass is 9.89. The van der Waals surface area contributed by atoms with Crippen molar-refractivity contribution in [2.45, 2.75) is 160 Å². The normalized spacial score (nSPS) is 13.9. The molecule has 262 valence electrons. The van der Waals surface area contributed by atoms with E-state index in [4.69, 9.17) is 0 Å². The maximum Gasteiger partial charge on any atom is -0.00893 e. The molecule has 0 amide bonds. The predicted octanol–water partition coefficient (Wildman–Crippen LogP) is 15.6. The minimum absolute atomic E-state index is 1.03. The van der Waals surface area contributed by atoms with Crippen LogP contribution >= 0.6 is 0 Å². The van der Waals surface area contributed by atoms with Gasteiger partial charge in [0, 0.05) is 0 Å². The summed E-state index contributed by atoms with van der Waals surface area (Å²) < 4.78 is 0. The summed E-state index contributed by atoms with van der Waals surface area (Å²) in [6.45, 7) is 25.0. The van der Waals surface area contributed by atoms with Gasteiger partial charge in [-0.05, 0) is 193 Å². The van der Waals surface area contributed by atoms with Crippen molar-refractivity contribution >= 4 is 10.8 Å². The van der Waals surface area contributed by atoms with E-state index in [0.29, 0.717) is 0 Å². The molecule has 0 unspecified atom stereocenters. The van der Waals surface area contributed by atoms with Crippen LogP contribution in [0, 0.1) is 20.8 Å². The molecule has 0 aliphatic heterocycles. The van der Waals surface area contributed by atoms with E-state index in [1.54, 1.807) is 0 Å². The molecule has 2 aromatic rings. The summed E-state index contributed by atoms with van der Waals surface area (Å²) in [5.41, 5.74) is 16.4. The molecule has 0 saturated carbocycles. The first-order valence-corrected chi connectivity index (χ1v) is 18.9. The monoisotopic (exact) mass is 647 g/mol. The van der Waals surface area contributed by atoms with Gasteiger partial charge in [0.05, 0.1) is 0 Å². The van der Waals surface area contributed by atoms with Gasteiger partial charge < -0.3 is 0 Å². The zero-order valence-electron chi connectivity index (χ0n) is 33.0. The third-order valence-corrected chi connectivity index (χ3v) is 10.1. The van der Waals surface area contributed by atoms with E-state index in [1.165, 1.54) is 117 Å². The SMILES string of the molecule is CC(C)=CCCC(C)=CCCC(C)=CCCC(C)=CCCC(C)=CCCC(C)=CCCC(C)=CCc1c(C)c(C)c2ccccc2c1C. The van der Waals surface area contributed by atoms with E-state index in [0.717, 1.165) is 38.5 Å². The second-order valence-electron chi connectivity index (χ2n) is 14.9. The maximum atomic E-state index is 2.46. The summed E-state index contributed by atoms with van der Waals surface area (Å²) in [6.07, 6.45) is 32.1. The fourth-order valence-corrected chi connectivity index (χ4v) is 6.52. The van der Waals surface area contributed by atoms with Crippen LogP contribution in [-0.4, -0.2) is 0 Å². The molecular weight excluding hydrogens is 577 g/mol. The van der Waals surface area contributed by atoms with Crippen LogP contribution in [0.5, 0.6) is 0 Å². The molecule has 0 nitrogen and oxygen atoms in total. The van der Waals surface area contributed by atoms with Crippen LogP contribution in [0.3, 0.4) is 0 Å². The highest BCUT2D eigenvalue weighted by Gasteiger charge is 2.10. The Bertz CT molecular complexity index is 1520. The molecule has 0 heterocycles. The topological polar surface area (TPSA) is 0 Å². The first kappa shape index (κ1) is 41.1. The third kappa shape index (κ3) is 15.9. The Balaban J connectivity index is 1.67. The quantitative estimate of drug-likeness (QED) is 0.126. The molecular formula is C48H70. The summed E-state index contributed by atoms with van der Waals surface area (Å²) in [7, 11) is 0. The summed E-state index contributed by atoms with van der Waals surface area (Å²) >= 11 is 0. The fraction of sp³-hybridized carbons (Fsp3) is 0.500. The lowest BCUT2D eigenvalue weighted by Crippen LogP contribution is -1.98. The lowest BCUT2D eigenvalue weighted by Gasteiger charge is -2.16.